The van der Waals surface area contributed by atoms with E-state index in [9.17, 15) is 0 Å². The van der Waals surface area contributed by atoms with Gasteiger partial charge >= 0.3 is 0 Å². The first-order valence-corrected chi connectivity index (χ1v) is 21.6. The van der Waals surface area contributed by atoms with Gasteiger partial charge in [0.2, 0.25) is 0 Å². The summed E-state index contributed by atoms with van der Waals surface area (Å²) in [5.74, 6) is 3.40. The average molecular weight is 690 g/mol. The molecule has 2 aliphatic rings. The minimum Gasteiger partial charge on any atom is -0.458 e. The zero-order valence-corrected chi connectivity index (χ0v) is 31.3. The molecule has 0 fully saturated rings. The van der Waals surface area contributed by atoms with E-state index in [-0.39, 0.29) is 6.71 Å². The molecule has 7 aromatic carbocycles. The third-order valence-electron chi connectivity index (χ3n) is 10.6. The van der Waals surface area contributed by atoms with Crippen LogP contribution < -0.4 is 35.9 Å². The van der Waals surface area contributed by atoms with E-state index in [4.69, 9.17) is 9.47 Å². The Bertz CT molecular complexity index is 2380. The third-order valence-corrected chi connectivity index (χ3v) is 12.7. The molecule has 0 saturated heterocycles. The van der Waals surface area contributed by atoms with Crippen LogP contribution in [-0.4, -0.2) is 14.8 Å². The van der Waals surface area contributed by atoms with E-state index in [1.807, 2.05) is 0 Å². The number of rotatable bonds is 6. The molecule has 0 bridgehead atoms. The van der Waals surface area contributed by atoms with Crippen molar-refractivity contribution in [3.8, 4) is 45.3 Å². The van der Waals surface area contributed by atoms with E-state index >= 15 is 0 Å². The maximum absolute atomic E-state index is 7.00. The fraction of sp³-hybridized carbons (Fsp3) is 0.106. The van der Waals surface area contributed by atoms with E-state index in [2.05, 4.69) is 190 Å². The second kappa shape index (κ2) is 12.5. The molecule has 0 unspecified atom stereocenters. The van der Waals surface area contributed by atoms with Gasteiger partial charge in [-0.3, -0.25) is 0 Å². The summed E-state index contributed by atoms with van der Waals surface area (Å²) in [5, 5.41) is 1.42. The van der Waals surface area contributed by atoms with Gasteiger partial charge in [-0.2, -0.15) is 0 Å². The summed E-state index contributed by atoms with van der Waals surface area (Å²) < 4.78 is 14.0. The number of fused-ring (bicyclic) bond motifs is 4. The van der Waals surface area contributed by atoms with Crippen LogP contribution >= 0.6 is 0 Å². The molecule has 0 radical (unpaired) electrons. The predicted octanol–water partition coefficient (Wildman–Crippen LogP) is 10.4. The predicted molar refractivity (Wildman–Crippen MR) is 222 cm³/mol. The first kappa shape index (κ1) is 32.2. The summed E-state index contributed by atoms with van der Waals surface area (Å²) in [7, 11) is -1.61. The monoisotopic (exact) mass is 689 g/mol. The molecule has 0 atom stereocenters. The summed E-state index contributed by atoms with van der Waals surface area (Å²) in [6.07, 6.45) is 0. The number of anilines is 3. The van der Waals surface area contributed by atoms with E-state index in [1.165, 1.54) is 22.0 Å². The van der Waals surface area contributed by atoms with Gasteiger partial charge in [-0.05, 0) is 82.4 Å². The molecule has 0 amide bonds. The van der Waals surface area contributed by atoms with Crippen molar-refractivity contribution >= 4 is 53.4 Å². The van der Waals surface area contributed by atoms with Crippen molar-refractivity contribution in [2.24, 2.45) is 0 Å². The minimum absolute atomic E-state index is 0.0370. The molecule has 0 spiro atoms. The Morgan fingerprint density at radius 2 is 0.981 bits per heavy atom. The number of hydrogen-bond donors (Lipinski definition) is 0. The number of nitrogens with zero attached hydrogens (tertiary/aromatic N) is 1. The van der Waals surface area contributed by atoms with Crippen LogP contribution in [-0.2, 0) is 0 Å². The third kappa shape index (κ3) is 5.53. The quantitative estimate of drug-likeness (QED) is 0.162. The lowest BCUT2D eigenvalue weighted by molar-refractivity contribution is 0.465. The molecule has 5 heteroatoms. The highest BCUT2D eigenvalue weighted by molar-refractivity contribution is 6.98. The Hall–Kier alpha value is -5.78. The topological polar surface area (TPSA) is 21.7 Å². The highest BCUT2D eigenvalue weighted by Gasteiger charge is 2.41. The van der Waals surface area contributed by atoms with Crippen LogP contribution in [0.3, 0.4) is 0 Å². The molecule has 0 aromatic heterocycles. The van der Waals surface area contributed by atoms with Gasteiger partial charge in [-0.25, -0.2) is 0 Å². The fourth-order valence-corrected chi connectivity index (χ4v) is 8.92. The van der Waals surface area contributed by atoms with Gasteiger partial charge in [0.05, 0.1) is 13.8 Å². The maximum Gasteiger partial charge on any atom is 0.260 e. The van der Waals surface area contributed by atoms with Crippen LogP contribution in [0.4, 0.5) is 17.1 Å². The van der Waals surface area contributed by atoms with Gasteiger partial charge in [0, 0.05) is 29.0 Å². The lowest BCUT2D eigenvalue weighted by Crippen LogP contribution is -2.57. The van der Waals surface area contributed by atoms with Gasteiger partial charge in [0.1, 0.15) is 23.0 Å². The molecule has 0 saturated carbocycles. The SMILES string of the molecule is Cc1ccccc1N(c1cc2c3c(c1)Oc1cc(-c4ccccc4)ccc1B3c1ccc(-c3ccccc3)cc1O2)c1cc([Si](C)(C)C)ccc1C. The van der Waals surface area contributed by atoms with Crippen LogP contribution in [0.2, 0.25) is 19.6 Å². The maximum atomic E-state index is 7.00. The van der Waals surface area contributed by atoms with Crippen LogP contribution in [0.15, 0.2) is 152 Å². The zero-order valence-electron chi connectivity index (χ0n) is 30.3. The average Bonchev–Trinajstić information content (AvgIpc) is 3.16. The van der Waals surface area contributed by atoms with Crippen molar-refractivity contribution < 1.29 is 9.47 Å². The highest BCUT2D eigenvalue weighted by Crippen LogP contribution is 2.44. The van der Waals surface area contributed by atoms with Crippen molar-refractivity contribution in [1.82, 2.24) is 0 Å². The molecular formula is C47H40BNO2Si. The molecule has 2 aliphatic heterocycles. The largest absolute Gasteiger partial charge is 0.458 e. The molecule has 52 heavy (non-hydrogen) atoms. The first-order valence-electron chi connectivity index (χ1n) is 18.1. The zero-order chi connectivity index (χ0) is 35.6. The van der Waals surface area contributed by atoms with Gasteiger partial charge in [-0.15, -0.1) is 0 Å². The van der Waals surface area contributed by atoms with E-state index in [0.29, 0.717) is 0 Å². The molecule has 2 heterocycles. The minimum atomic E-state index is -1.61. The standard InChI is InChI=1S/C47H40BNO2Si/c1-31-14-12-13-19-41(31)49(42-30-38(52(3,4)5)23-20-32(42)2)37-28-45-47-46(29-37)51-44-27-36(34-17-10-7-11-18-34)22-25-40(44)48(47)39-24-21-35(26-43(39)50-45)33-15-8-6-9-16-33/h6-30H,1-5H3. The van der Waals surface area contributed by atoms with Gasteiger partial charge in [0.15, 0.2) is 0 Å². The highest BCUT2D eigenvalue weighted by atomic mass is 28.3. The number of aryl methyl sites for hydroxylation is 2. The van der Waals surface area contributed by atoms with Crippen LogP contribution in [0.1, 0.15) is 11.1 Å². The van der Waals surface area contributed by atoms with Gasteiger partial charge in [-0.1, -0.05) is 140 Å². The smallest absolute Gasteiger partial charge is 0.260 e. The van der Waals surface area contributed by atoms with Crippen LogP contribution in [0, 0.1) is 13.8 Å². The fourth-order valence-electron chi connectivity index (χ4n) is 7.77. The molecule has 252 valence electrons. The van der Waals surface area contributed by atoms with Crippen molar-refractivity contribution in [3.05, 3.63) is 163 Å². The molecular weight excluding hydrogens is 649 g/mol. The Morgan fingerprint density at radius 3 is 1.52 bits per heavy atom. The number of ether oxygens (including phenoxy) is 2. The Kier molecular flexibility index (Phi) is 7.71. The molecule has 0 aliphatic carbocycles. The summed E-state index contributed by atoms with van der Waals surface area (Å²) in [6, 6.07) is 54.5. The second-order valence-electron chi connectivity index (χ2n) is 15.1. The van der Waals surface area contributed by atoms with Crippen molar-refractivity contribution in [1.29, 1.82) is 0 Å². The normalized spacial score (nSPS) is 12.6. The van der Waals surface area contributed by atoms with Crippen molar-refractivity contribution in [2.75, 3.05) is 4.90 Å². The van der Waals surface area contributed by atoms with Crippen molar-refractivity contribution in [3.63, 3.8) is 0 Å². The van der Waals surface area contributed by atoms with E-state index in [0.717, 1.165) is 73.0 Å². The Balaban J connectivity index is 1.28. The van der Waals surface area contributed by atoms with Gasteiger partial charge in [0.25, 0.3) is 6.71 Å². The summed E-state index contributed by atoms with van der Waals surface area (Å²) in [5.41, 5.74) is 13.7. The number of para-hydroxylation sites is 1. The number of benzene rings is 7. The van der Waals surface area contributed by atoms with E-state index < -0.39 is 8.07 Å². The molecule has 9 rings (SSSR count). The van der Waals surface area contributed by atoms with Crippen molar-refractivity contribution in [2.45, 2.75) is 33.5 Å². The lowest BCUT2D eigenvalue weighted by Gasteiger charge is -2.36. The number of hydrogen-bond acceptors (Lipinski definition) is 3. The molecule has 7 aromatic rings. The van der Waals surface area contributed by atoms with Crippen LogP contribution in [0.25, 0.3) is 22.3 Å². The van der Waals surface area contributed by atoms with Crippen LogP contribution in [0.5, 0.6) is 23.0 Å². The van der Waals surface area contributed by atoms with Gasteiger partial charge < -0.3 is 14.4 Å². The summed E-state index contributed by atoms with van der Waals surface area (Å²) in [4.78, 5) is 2.40. The van der Waals surface area contributed by atoms with E-state index in [1.54, 1.807) is 0 Å². The Labute approximate surface area is 308 Å². The lowest BCUT2D eigenvalue weighted by atomic mass is 9.34. The first-order chi connectivity index (χ1) is 25.2. The summed E-state index contributed by atoms with van der Waals surface area (Å²) >= 11 is 0. The molecule has 3 nitrogen and oxygen atoms in total. The molecule has 0 N–H and O–H groups in total. The summed E-state index contributed by atoms with van der Waals surface area (Å²) in [6.45, 7) is 11.6. The Morgan fingerprint density at radius 1 is 0.462 bits per heavy atom. The second-order valence-corrected chi connectivity index (χ2v) is 20.2.